The van der Waals surface area contributed by atoms with Crippen molar-refractivity contribution in [1.82, 2.24) is 15.1 Å². The van der Waals surface area contributed by atoms with Gasteiger partial charge in [0.15, 0.2) is 5.69 Å². The highest BCUT2D eigenvalue weighted by Crippen LogP contribution is 2.39. The number of aromatic nitrogens is 2. The smallest absolute Gasteiger partial charge is 0.436 e. The van der Waals surface area contributed by atoms with Gasteiger partial charge in [-0.2, -0.15) is 31.4 Å². The Bertz CT molecular complexity index is 1400. The molecule has 0 fully saturated rings. The van der Waals surface area contributed by atoms with Gasteiger partial charge < -0.3 is 15.0 Å². The Hall–Kier alpha value is -3.74. The number of carbonyl (C=O) groups is 2. The molecule has 1 unspecified atom stereocenters. The van der Waals surface area contributed by atoms with E-state index in [0.29, 0.717) is 5.56 Å². The molecule has 2 heterocycles. The lowest BCUT2D eigenvalue weighted by atomic mass is 10.1. The average Bonchev–Trinajstić information content (AvgIpc) is 3.43. The first-order valence-corrected chi connectivity index (χ1v) is 11.9. The normalized spacial score (nSPS) is 14.2. The van der Waals surface area contributed by atoms with Crippen LogP contribution >= 0.6 is 11.6 Å². The lowest BCUT2D eigenvalue weighted by Gasteiger charge is -2.21. The van der Waals surface area contributed by atoms with E-state index in [1.807, 2.05) is 0 Å². The fourth-order valence-corrected chi connectivity index (χ4v) is 4.57. The maximum absolute atomic E-state index is 13.9. The molecule has 7 nitrogen and oxygen atoms in total. The second-order valence-electron chi connectivity index (χ2n) is 8.84. The number of hydrogen-bond donors (Lipinski definition) is 1. The number of nitrogens with zero attached hydrogens (tertiary/aromatic N) is 3. The van der Waals surface area contributed by atoms with E-state index >= 15 is 0 Å². The molecule has 1 aliphatic heterocycles. The second kappa shape index (κ2) is 10.4. The van der Waals surface area contributed by atoms with Crippen LogP contribution in [0.1, 0.15) is 56.1 Å². The van der Waals surface area contributed by atoms with Gasteiger partial charge in [0, 0.05) is 18.1 Å². The minimum absolute atomic E-state index is 0.0110. The number of anilines is 1. The molecule has 4 rings (SSSR count). The summed E-state index contributed by atoms with van der Waals surface area (Å²) in [4.78, 5) is 26.2. The van der Waals surface area contributed by atoms with E-state index in [2.05, 4.69) is 15.2 Å². The molecule has 1 amide bonds. The van der Waals surface area contributed by atoms with Crippen LogP contribution in [0.5, 0.6) is 0 Å². The molecule has 1 aliphatic rings. The van der Waals surface area contributed by atoms with Gasteiger partial charge in [-0.05, 0) is 48.4 Å². The summed E-state index contributed by atoms with van der Waals surface area (Å²) >= 11 is 5.86. The summed E-state index contributed by atoms with van der Waals surface area (Å²) in [6.07, 6.45) is -9.65. The monoisotopic (exact) mass is 574 g/mol. The Morgan fingerprint density at radius 1 is 1.05 bits per heavy atom. The van der Waals surface area contributed by atoms with Crippen LogP contribution in [0.3, 0.4) is 0 Å². The summed E-state index contributed by atoms with van der Waals surface area (Å²) in [5.74, 6) is -1.81. The van der Waals surface area contributed by atoms with Crippen molar-refractivity contribution < 1.29 is 40.7 Å². The van der Waals surface area contributed by atoms with Crippen molar-refractivity contribution in [2.24, 2.45) is 0 Å². The van der Waals surface area contributed by atoms with E-state index in [1.165, 1.54) is 42.3 Å². The summed E-state index contributed by atoms with van der Waals surface area (Å²) in [7, 11) is 1.21. The third-order valence-corrected chi connectivity index (χ3v) is 6.36. The number of nitrogens with one attached hydrogen (secondary N) is 1. The predicted octanol–water partition coefficient (Wildman–Crippen LogP) is 5.87. The highest BCUT2D eigenvalue weighted by Gasteiger charge is 2.44. The lowest BCUT2D eigenvalue weighted by Crippen LogP contribution is -2.31. The molecular weight excluding hydrogens is 554 g/mol. The van der Waals surface area contributed by atoms with Gasteiger partial charge in [0.2, 0.25) is 0 Å². The molecular formula is C25H21ClF6N4O3. The minimum Gasteiger partial charge on any atom is -0.465 e. The van der Waals surface area contributed by atoms with Gasteiger partial charge in [0.05, 0.1) is 30.8 Å². The molecule has 0 bridgehead atoms. The highest BCUT2D eigenvalue weighted by molar-refractivity contribution is 6.30. The molecule has 2 aromatic carbocycles. The van der Waals surface area contributed by atoms with Gasteiger partial charge in [-0.15, -0.1) is 0 Å². The van der Waals surface area contributed by atoms with Gasteiger partial charge in [-0.3, -0.25) is 4.79 Å². The zero-order valence-corrected chi connectivity index (χ0v) is 21.2. The molecule has 0 saturated carbocycles. The largest absolute Gasteiger partial charge is 0.465 e. The summed E-state index contributed by atoms with van der Waals surface area (Å²) in [6.45, 7) is 1.41. The summed E-state index contributed by atoms with van der Waals surface area (Å²) in [5.41, 5.74) is -2.30. The molecule has 39 heavy (non-hydrogen) atoms. The Balaban J connectivity index is 1.65. The molecule has 208 valence electrons. The minimum atomic E-state index is -4.97. The number of methoxy groups -OCH3 is 1. The Morgan fingerprint density at radius 2 is 1.72 bits per heavy atom. The third-order valence-electron chi connectivity index (χ3n) is 6.14. The summed E-state index contributed by atoms with van der Waals surface area (Å²) < 4.78 is 87.1. The van der Waals surface area contributed by atoms with Crippen LogP contribution < -0.4 is 10.2 Å². The number of rotatable bonds is 6. The van der Waals surface area contributed by atoms with Crippen molar-refractivity contribution in [1.29, 1.82) is 0 Å². The van der Waals surface area contributed by atoms with E-state index in [-0.39, 0.29) is 41.6 Å². The van der Waals surface area contributed by atoms with Crippen LogP contribution in [0.4, 0.5) is 32.2 Å². The Kier molecular flexibility index (Phi) is 7.57. The van der Waals surface area contributed by atoms with Crippen molar-refractivity contribution in [2.75, 3.05) is 18.6 Å². The van der Waals surface area contributed by atoms with Crippen LogP contribution in [0.15, 0.2) is 42.5 Å². The summed E-state index contributed by atoms with van der Waals surface area (Å²) in [6, 6.07) is 8.06. The van der Waals surface area contributed by atoms with Crippen molar-refractivity contribution in [3.63, 3.8) is 0 Å². The van der Waals surface area contributed by atoms with Gasteiger partial charge in [0.25, 0.3) is 5.91 Å². The first-order chi connectivity index (χ1) is 18.2. The van der Waals surface area contributed by atoms with Gasteiger partial charge in [-0.1, -0.05) is 23.7 Å². The van der Waals surface area contributed by atoms with E-state index in [4.69, 9.17) is 11.6 Å². The number of amides is 1. The standard InChI is InChI=1S/C25H21ClF6N4O3/c1-13(15-3-5-16(6-4-15)23(38)39-2)33-21(37)19-20(25(30,31)32)34-36-8-7-35(22(19)36)12-14-9-17(24(27,28)29)11-18(26)10-14/h3-6,9-11,13H,7-8,12H2,1-2H3,(H,33,37). The first kappa shape index (κ1) is 28.3. The molecule has 1 N–H and O–H groups in total. The van der Waals surface area contributed by atoms with Gasteiger partial charge in [0.1, 0.15) is 11.4 Å². The van der Waals surface area contributed by atoms with E-state index in [1.54, 1.807) is 6.92 Å². The predicted molar refractivity (Wildman–Crippen MR) is 128 cm³/mol. The van der Waals surface area contributed by atoms with Gasteiger partial charge in [-0.25, -0.2) is 9.48 Å². The molecule has 1 atom stereocenters. The molecule has 0 saturated heterocycles. The molecule has 1 aromatic heterocycles. The molecule has 0 aliphatic carbocycles. The van der Waals surface area contributed by atoms with E-state index in [0.717, 1.165) is 16.8 Å². The highest BCUT2D eigenvalue weighted by atomic mass is 35.5. The number of alkyl halides is 6. The molecule has 0 spiro atoms. The topological polar surface area (TPSA) is 76.5 Å². The van der Waals surface area contributed by atoms with Crippen LogP contribution in [0, 0.1) is 0 Å². The van der Waals surface area contributed by atoms with Crippen LogP contribution in [0.2, 0.25) is 5.02 Å². The van der Waals surface area contributed by atoms with Crippen LogP contribution in [0.25, 0.3) is 0 Å². The van der Waals surface area contributed by atoms with Crippen molar-refractivity contribution >= 4 is 29.3 Å². The number of ether oxygens (including phenoxy) is 1. The maximum Gasteiger partial charge on any atom is 0.436 e. The number of esters is 1. The fourth-order valence-electron chi connectivity index (χ4n) is 4.32. The molecule has 3 aromatic rings. The third kappa shape index (κ3) is 5.97. The van der Waals surface area contributed by atoms with Crippen molar-refractivity contribution in [3.8, 4) is 0 Å². The molecule has 14 heteroatoms. The van der Waals surface area contributed by atoms with Gasteiger partial charge >= 0.3 is 18.3 Å². The van der Waals surface area contributed by atoms with Crippen LogP contribution in [-0.4, -0.2) is 35.3 Å². The maximum atomic E-state index is 13.9. The Morgan fingerprint density at radius 3 is 2.31 bits per heavy atom. The average molecular weight is 575 g/mol. The quantitative estimate of drug-likeness (QED) is 0.294. The lowest BCUT2D eigenvalue weighted by molar-refractivity contribution is -0.142. The SMILES string of the molecule is COC(=O)c1ccc(C(C)NC(=O)c2c(C(F)(F)F)nn3c2N(Cc2cc(Cl)cc(C(F)(F)F)c2)CC3)cc1. The van der Waals surface area contributed by atoms with E-state index in [9.17, 15) is 35.9 Å². The van der Waals surface area contributed by atoms with Crippen LogP contribution in [-0.2, 0) is 30.2 Å². The zero-order valence-electron chi connectivity index (χ0n) is 20.5. The van der Waals surface area contributed by atoms with Crippen molar-refractivity contribution in [2.45, 2.75) is 38.4 Å². The second-order valence-corrected chi connectivity index (χ2v) is 9.28. The van der Waals surface area contributed by atoms with Crippen molar-refractivity contribution in [3.05, 3.63) is 81.0 Å². The fraction of sp³-hybridized carbons (Fsp3) is 0.320. The number of halogens is 7. The molecule has 0 radical (unpaired) electrons. The summed E-state index contributed by atoms with van der Waals surface area (Å²) in [5, 5.41) is 5.94. The number of carbonyl (C=O) groups excluding carboxylic acids is 2. The number of fused-ring (bicyclic) bond motifs is 1. The Labute approximate surface area is 223 Å². The number of benzene rings is 2. The first-order valence-electron chi connectivity index (χ1n) is 11.5. The zero-order chi connectivity index (χ0) is 28.7. The van der Waals surface area contributed by atoms with E-state index < -0.39 is 47.1 Å². The number of hydrogen-bond acceptors (Lipinski definition) is 5.